The lowest BCUT2D eigenvalue weighted by atomic mass is 10.1. The minimum Gasteiger partial charge on any atom is -0.293 e. The number of nitrogens with zero attached hydrogens (tertiary/aromatic N) is 1. The molecule has 0 amide bonds. The summed E-state index contributed by atoms with van der Waals surface area (Å²) in [4.78, 5) is 2.61. The van der Waals surface area contributed by atoms with E-state index in [1.165, 1.54) is 107 Å². The average molecular weight is 368 g/mol. The van der Waals surface area contributed by atoms with Crippen LogP contribution in [0.5, 0.6) is 0 Å². The van der Waals surface area contributed by atoms with Crippen LogP contribution in [0.2, 0.25) is 0 Å². The molecule has 0 unspecified atom stereocenters. The van der Waals surface area contributed by atoms with Gasteiger partial charge >= 0.3 is 0 Å². The van der Waals surface area contributed by atoms with Crippen LogP contribution in [0.4, 0.5) is 0 Å². The number of unbranched alkanes of at least 4 members (excludes halogenated alkanes) is 9. The van der Waals surface area contributed by atoms with Crippen molar-refractivity contribution in [2.75, 3.05) is 36.2 Å². The zero-order chi connectivity index (χ0) is 15.0. The second kappa shape index (κ2) is 18.3. The maximum Gasteiger partial charge on any atom is 0.0445 e. The summed E-state index contributed by atoms with van der Waals surface area (Å²) in [5, 5.41) is 0. The molecule has 0 N–H and O–H groups in total. The quantitative estimate of drug-likeness (QED) is 0.306. The zero-order valence-corrected chi connectivity index (χ0v) is 17.1. The van der Waals surface area contributed by atoms with Gasteiger partial charge in [-0.1, -0.05) is 58.3 Å². The maximum absolute atomic E-state index is 2.61. The van der Waals surface area contributed by atoms with Crippen molar-refractivity contribution in [3.8, 4) is 0 Å². The van der Waals surface area contributed by atoms with Gasteiger partial charge in [0.05, 0.1) is 0 Å². The lowest BCUT2D eigenvalue weighted by molar-refractivity contribution is 0.346. The highest BCUT2D eigenvalue weighted by Crippen LogP contribution is 2.15. The molecule has 1 heterocycles. The molecule has 0 aromatic carbocycles. The molecule has 1 fully saturated rings. The summed E-state index contributed by atoms with van der Waals surface area (Å²) in [6, 6.07) is 0. The van der Waals surface area contributed by atoms with E-state index in [1.807, 2.05) is 0 Å². The van der Waals surface area contributed by atoms with Gasteiger partial charge in [-0.05, 0) is 37.3 Å². The molecule has 22 heavy (non-hydrogen) atoms. The molecule has 0 aromatic rings. The van der Waals surface area contributed by atoms with Crippen molar-refractivity contribution >= 4 is 35.9 Å². The van der Waals surface area contributed by atoms with Gasteiger partial charge in [-0.15, -0.1) is 24.2 Å². The summed E-state index contributed by atoms with van der Waals surface area (Å²) < 4.78 is 0. The van der Waals surface area contributed by atoms with E-state index in [2.05, 4.69) is 35.3 Å². The fraction of sp³-hybridized carbons (Fsp3) is 1.00. The molecule has 0 aromatic heterocycles. The van der Waals surface area contributed by atoms with Crippen molar-refractivity contribution in [2.24, 2.45) is 0 Å². The minimum atomic E-state index is 0. The molecule has 1 aliphatic heterocycles. The van der Waals surface area contributed by atoms with Gasteiger partial charge in [-0.2, -0.15) is 11.8 Å². The van der Waals surface area contributed by atoms with E-state index in [0.717, 1.165) is 0 Å². The molecule has 1 rings (SSSR count). The Morgan fingerprint density at radius 1 is 0.818 bits per heavy atom. The van der Waals surface area contributed by atoms with Crippen molar-refractivity contribution in [1.29, 1.82) is 0 Å². The molecule has 0 radical (unpaired) electrons. The maximum atomic E-state index is 2.61. The second-order valence-electron chi connectivity index (χ2n) is 6.30. The summed E-state index contributed by atoms with van der Waals surface area (Å²) in [6.45, 7) is 4.97. The summed E-state index contributed by atoms with van der Waals surface area (Å²) >= 11 is 4.28. The van der Waals surface area contributed by atoms with Crippen molar-refractivity contribution in [2.45, 2.75) is 77.6 Å². The number of hydrogen-bond acceptors (Lipinski definition) is 3. The van der Waals surface area contributed by atoms with Gasteiger partial charge in [0.25, 0.3) is 0 Å². The Morgan fingerprint density at radius 3 is 2.00 bits per heavy atom. The third-order valence-corrected chi connectivity index (χ3v) is 6.40. The minimum absolute atomic E-state index is 0. The lowest BCUT2D eigenvalue weighted by Crippen LogP contribution is -2.20. The van der Waals surface area contributed by atoms with Gasteiger partial charge in [-0.3, -0.25) is 4.90 Å². The van der Waals surface area contributed by atoms with E-state index in [4.69, 9.17) is 0 Å². The molecule has 0 bridgehead atoms. The first-order chi connectivity index (χ1) is 10.4. The van der Waals surface area contributed by atoms with Crippen molar-refractivity contribution < 1.29 is 0 Å². The Labute approximate surface area is 154 Å². The summed E-state index contributed by atoms with van der Waals surface area (Å²) in [5.41, 5.74) is 0. The largest absolute Gasteiger partial charge is 0.293 e. The molecule has 0 aliphatic carbocycles. The van der Waals surface area contributed by atoms with Gasteiger partial charge < -0.3 is 0 Å². The fourth-order valence-corrected chi connectivity index (χ4v) is 4.84. The lowest BCUT2D eigenvalue weighted by Gasteiger charge is -2.12. The average Bonchev–Trinajstić information content (AvgIpc) is 3.01. The molecule has 0 spiro atoms. The molecule has 1 aliphatic rings. The number of hydrogen-bond donors (Lipinski definition) is 0. The molecule has 0 atom stereocenters. The monoisotopic (exact) mass is 367 g/mol. The molecule has 4 heteroatoms. The predicted molar refractivity (Wildman–Crippen MR) is 110 cm³/mol. The van der Waals surface area contributed by atoms with Crippen molar-refractivity contribution in [3.05, 3.63) is 0 Å². The van der Waals surface area contributed by atoms with Crippen LogP contribution < -0.4 is 0 Å². The van der Waals surface area contributed by atoms with Gasteiger partial charge in [-0.25, -0.2) is 0 Å². The van der Waals surface area contributed by atoms with Crippen LogP contribution in [0.3, 0.4) is 0 Å². The standard InChI is InChI=1S/C18H37NS2.ClH/c1-2-3-4-5-6-7-8-11-15-20-16-12-9-10-13-19-14-17-21-18-19;/h2-18H2,1H3;1H. The summed E-state index contributed by atoms with van der Waals surface area (Å²) in [6.07, 6.45) is 15.9. The highest BCUT2D eigenvalue weighted by atomic mass is 35.5. The Balaban J connectivity index is 0.00000441. The molecular weight excluding hydrogens is 330 g/mol. The second-order valence-corrected chi connectivity index (χ2v) is 8.60. The SMILES string of the molecule is CCCCCCCCCCSCCCCCN1CCSC1.Cl. The van der Waals surface area contributed by atoms with E-state index in [9.17, 15) is 0 Å². The topological polar surface area (TPSA) is 3.24 Å². The van der Waals surface area contributed by atoms with E-state index in [1.54, 1.807) is 0 Å². The summed E-state index contributed by atoms with van der Waals surface area (Å²) in [5.74, 6) is 5.44. The third-order valence-electron chi connectivity index (χ3n) is 4.23. The van der Waals surface area contributed by atoms with Gasteiger partial charge in [0.15, 0.2) is 0 Å². The number of thioether (sulfide) groups is 2. The van der Waals surface area contributed by atoms with E-state index in [-0.39, 0.29) is 12.4 Å². The van der Waals surface area contributed by atoms with Gasteiger partial charge in [0.2, 0.25) is 0 Å². The third kappa shape index (κ3) is 14.5. The number of rotatable bonds is 15. The molecule has 1 saturated heterocycles. The predicted octanol–water partition coefficient (Wildman–Crippen LogP) is 6.46. The van der Waals surface area contributed by atoms with Crippen LogP contribution in [-0.2, 0) is 0 Å². The Kier molecular flexibility index (Phi) is 19.1. The van der Waals surface area contributed by atoms with Gasteiger partial charge in [0.1, 0.15) is 0 Å². The van der Waals surface area contributed by atoms with Crippen LogP contribution in [0.15, 0.2) is 0 Å². The molecule has 0 saturated carbocycles. The van der Waals surface area contributed by atoms with E-state index < -0.39 is 0 Å². The van der Waals surface area contributed by atoms with Crippen LogP contribution in [0, 0.1) is 0 Å². The van der Waals surface area contributed by atoms with Crippen LogP contribution in [0.1, 0.15) is 77.6 Å². The Hall–Kier alpha value is 0.950. The summed E-state index contributed by atoms with van der Waals surface area (Å²) in [7, 11) is 0. The van der Waals surface area contributed by atoms with E-state index >= 15 is 0 Å². The fourth-order valence-electron chi connectivity index (χ4n) is 2.78. The molecular formula is C18H38ClNS2. The van der Waals surface area contributed by atoms with Crippen LogP contribution in [0.25, 0.3) is 0 Å². The highest BCUT2D eigenvalue weighted by molar-refractivity contribution is 7.99. The van der Waals surface area contributed by atoms with Crippen molar-refractivity contribution in [3.63, 3.8) is 0 Å². The number of halogens is 1. The molecule has 1 nitrogen and oxygen atoms in total. The first-order valence-electron chi connectivity index (χ1n) is 9.31. The smallest absolute Gasteiger partial charge is 0.0445 e. The first-order valence-corrected chi connectivity index (χ1v) is 11.6. The Morgan fingerprint density at radius 2 is 1.41 bits per heavy atom. The van der Waals surface area contributed by atoms with Crippen LogP contribution >= 0.6 is 35.9 Å². The first kappa shape index (κ1) is 22.9. The molecule has 134 valence electrons. The van der Waals surface area contributed by atoms with Gasteiger partial charge in [0, 0.05) is 18.2 Å². The Bertz CT molecular complexity index is 211. The zero-order valence-electron chi connectivity index (χ0n) is 14.7. The normalized spacial score (nSPS) is 15.1. The highest BCUT2D eigenvalue weighted by Gasteiger charge is 2.10. The van der Waals surface area contributed by atoms with E-state index in [0.29, 0.717) is 0 Å². The van der Waals surface area contributed by atoms with Crippen molar-refractivity contribution in [1.82, 2.24) is 4.90 Å². The van der Waals surface area contributed by atoms with Crippen LogP contribution in [-0.4, -0.2) is 41.1 Å².